The van der Waals surface area contributed by atoms with Gasteiger partial charge in [0.25, 0.3) is 0 Å². The maximum atomic E-state index is 13.8. The summed E-state index contributed by atoms with van der Waals surface area (Å²) >= 11 is 0. The molecule has 0 aliphatic heterocycles. The van der Waals surface area contributed by atoms with Crippen LogP contribution >= 0.6 is 0 Å². The molecule has 2 rings (SSSR count). The summed E-state index contributed by atoms with van der Waals surface area (Å²) in [6.07, 6.45) is 0.256. The summed E-state index contributed by atoms with van der Waals surface area (Å²) < 4.78 is 41.1. The van der Waals surface area contributed by atoms with Gasteiger partial charge < -0.3 is 5.32 Å². The smallest absolute Gasteiger partial charge is 0.240 e. The zero-order chi connectivity index (χ0) is 18.4. The minimum atomic E-state index is -0.936. The van der Waals surface area contributed by atoms with Crippen LogP contribution in [0, 0.1) is 17.5 Å². The van der Waals surface area contributed by atoms with Gasteiger partial charge in [-0.2, -0.15) is 0 Å². The largest absolute Gasteiger partial charge is 0.354 e. The molecule has 0 aliphatic rings. The molecule has 1 N–H and O–H groups in total. The van der Waals surface area contributed by atoms with Crippen molar-refractivity contribution >= 4 is 17.5 Å². The molecule has 4 nitrogen and oxygen atoms in total. The Morgan fingerprint density at radius 3 is 2.16 bits per heavy atom. The van der Waals surface area contributed by atoms with Crippen LogP contribution in [0.4, 0.5) is 18.9 Å². The van der Waals surface area contributed by atoms with Crippen LogP contribution in [0.5, 0.6) is 0 Å². The summed E-state index contributed by atoms with van der Waals surface area (Å²) in [4.78, 5) is 24.4. The summed E-state index contributed by atoms with van der Waals surface area (Å²) in [5, 5.41) is 2.51. The molecule has 0 atom stereocenters. The van der Waals surface area contributed by atoms with Gasteiger partial charge in [0, 0.05) is 13.5 Å². The number of nitrogens with one attached hydrogen (secondary N) is 1. The fraction of sp³-hybridized carbons (Fsp3) is 0.222. The number of carbonyl (C=O) groups excluding carboxylic acids is 2. The summed E-state index contributed by atoms with van der Waals surface area (Å²) in [6.45, 7) is 0.703. The quantitative estimate of drug-likeness (QED) is 0.871. The van der Waals surface area contributed by atoms with E-state index in [0.717, 1.165) is 24.0 Å². The molecular weight excluding hydrogens is 333 g/mol. The van der Waals surface area contributed by atoms with Crippen LogP contribution < -0.4 is 10.2 Å². The Bertz CT molecular complexity index is 760. The monoisotopic (exact) mass is 350 g/mol. The van der Waals surface area contributed by atoms with Gasteiger partial charge in [-0.15, -0.1) is 0 Å². The maximum Gasteiger partial charge on any atom is 0.240 e. The number of nitrogens with zero attached hydrogens (tertiary/aromatic N) is 1. The number of carbonyl (C=O) groups is 2. The lowest BCUT2D eigenvalue weighted by Gasteiger charge is -2.21. The van der Waals surface area contributed by atoms with Gasteiger partial charge in [0.05, 0.1) is 0 Å². The molecule has 0 heterocycles. The average molecular weight is 350 g/mol. The van der Waals surface area contributed by atoms with Gasteiger partial charge in [-0.1, -0.05) is 24.3 Å². The molecular formula is C18H17F3N2O2. The molecule has 0 spiro atoms. The molecule has 2 aromatic carbocycles. The van der Waals surface area contributed by atoms with Crippen molar-refractivity contribution < 1.29 is 22.8 Å². The zero-order valence-corrected chi connectivity index (χ0v) is 13.6. The Labute approximate surface area is 143 Å². The van der Waals surface area contributed by atoms with Crippen molar-refractivity contribution in [3.8, 4) is 0 Å². The Kier molecular flexibility index (Phi) is 6.16. The Balaban J connectivity index is 1.99. The van der Waals surface area contributed by atoms with Gasteiger partial charge in [0.2, 0.25) is 11.8 Å². The van der Waals surface area contributed by atoms with Crippen molar-refractivity contribution in [2.75, 3.05) is 18.0 Å². The molecule has 2 amide bonds. The fourth-order valence-corrected chi connectivity index (χ4v) is 2.33. The second-order valence-corrected chi connectivity index (χ2v) is 5.37. The van der Waals surface area contributed by atoms with Crippen LogP contribution in [0.2, 0.25) is 0 Å². The van der Waals surface area contributed by atoms with Crippen LogP contribution in [0.3, 0.4) is 0 Å². The molecule has 132 valence electrons. The van der Waals surface area contributed by atoms with Gasteiger partial charge in [0.15, 0.2) is 0 Å². The number of hydrogen-bond acceptors (Lipinski definition) is 2. The van der Waals surface area contributed by atoms with E-state index in [-0.39, 0.29) is 18.8 Å². The van der Waals surface area contributed by atoms with Crippen molar-refractivity contribution in [1.29, 1.82) is 0 Å². The topological polar surface area (TPSA) is 49.4 Å². The predicted molar refractivity (Wildman–Crippen MR) is 87.5 cm³/mol. The number of rotatable bonds is 6. The highest BCUT2D eigenvalue weighted by Gasteiger charge is 2.22. The molecule has 0 fully saturated rings. The first-order valence-corrected chi connectivity index (χ1v) is 7.62. The van der Waals surface area contributed by atoms with Gasteiger partial charge in [-0.25, -0.2) is 13.2 Å². The highest BCUT2D eigenvalue weighted by molar-refractivity contribution is 5.97. The lowest BCUT2D eigenvalue weighted by Crippen LogP contribution is -2.41. The van der Waals surface area contributed by atoms with Crippen molar-refractivity contribution in [3.05, 3.63) is 65.5 Å². The zero-order valence-electron chi connectivity index (χ0n) is 13.6. The van der Waals surface area contributed by atoms with E-state index in [0.29, 0.717) is 5.56 Å². The molecule has 0 saturated heterocycles. The summed E-state index contributed by atoms with van der Waals surface area (Å²) in [5.41, 5.74) is -0.134. The van der Waals surface area contributed by atoms with Crippen molar-refractivity contribution in [2.45, 2.75) is 13.3 Å². The van der Waals surface area contributed by atoms with E-state index in [2.05, 4.69) is 5.32 Å². The highest BCUT2D eigenvalue weighted by atomic mass is 19.1. The van der Waals surface area contributed by atoms with Crippen LogP contribution in [-0.4, -0.2) is 24.9 Å². The van der Waals surface area contributed by atoms with Crippen molar-refractivity contribution in [1.82, 2.24) is 5.32 Å². The Morgan fingerprint density at radius 2 is 1.56 bits per heavy atom. The molecule has 0 aromatic heterocycles. The predicted octanol–water partition coefficient (Wildman–Crippen LogP) is 2.82. The Hall–Kier alpha value is -2.83. The van der Waals surface area contributed by atoms with Gasteiger partial charge in [-0.05, 0) is 30.2 Å². The second kappa shape index (κ2) is 8.32. The number of anilines is 1. The number of amides is 2. The highest BCUT2D eigenvalue weighted by Crippen LogP contribution is 2.23. The first kappa shape index (κ1) is 18.5. The standard InChI is InChI=1S/C18H17F3N2O2/c1-12(24)23(18-15(20)7-4-8-16(18)21)11-17(25)22-10-9-13-5-2-3-6-14(13)19/h2-8H,9-11H2,1H3,(H,22,25). The number of benzene rings is 2. The second-order valence-electron chi connectivity index (χ2n) is 5.37. The summed E-state index contributed by atoms with van der Waals surface area (Å²) in [7, 11) is 0. The molecule has 0 unspecified atom stereocenters. The van der Waals surface area contributed by atoms with Crippen molar-refractivity contribution in [2.24, 2.45) is 0 Å². The van der Waals surface area contributed by atoms with E-state index in [1.165, 1.54) is 12.1 Å². The maximum absolute atomic E-state index is 13.8. The van der Waals surface area contributed by atoms with E-state index >= 15 is 0 Å². The molecule has 2 aromatic rings. The Morgan fingerprint density at radius 1 is 0.960 bits per heavy atom. The molecule has 0 aliphatic carbocycles. The first-order valence-electron chi connectivity index (χ1n) is 7.62. The molecule has 0 radical (unpaired) electrons. The minimum absolute atomic E-state index is 0.130. The molecule has 25 heavy (non-hydrogen) atoms. The van der Waals surface area contributed by atoms with Crippen LogP contribution in [0.15, 0.2) is 42.5 Å². The van der Waals surface area contributed by atoms with Crippen LogP contribution in [0.1, 0.15) is 12.5 Å². The average Bonchev–Trinajstić information content (AvgIpc) is 2.55. The van der Waals surface area contributed by atoms with Crippen LogP contribution in [-0.2, 0) is 16.0 Å². The first-order chi connectivity index (χ1) is 11.9. The van der Waals surface area contributed by atoms with Crippen molar-refractivity contribution in [3.63, 3.8) is 0 Å². The van der Waals surface area contributed by atoms with E-state index in [9.17, 15) is 22.8 Å². The lowest BCUT2D eigenvalue weighted by atomic mass is 10.1. The van der Waals surface area contributed by atoms with Gasteiger partial charge in [0.1, 0.15) is 29.7 Å². The fourth-order valence-electron chi connectivity index (χ4n) is 2.33. The molecule has 0 saturated carbocycles. The summed E-state index contributed by atoms with van der Waals surface area (Å²) in [6, 6.07) is 9.33. The van der Waals surface area contributed by atoms with E-state index in [4.69, 9.17) is 0 Å². The molecule has 7 heteroatoms. The summed E-state index contributed by atoms with van der Waals surface area (Å²) in [5.74, 6) is -3.53. The number of hydrogen-bond donors (Lipinski definition) is 1. The normalized spacial score (nSPS) is 10.4. The number of halogens is 3. The number of para-hydroxylation sites is 1. The third-order valence-electron chi connectivity index (χ3n) is 3.56. The van der Waals surface area contributed by atoms with E-state index in [1.807, 2.05) is 0 Å². The SMILES string of the molecule is CC(=O)N(CC(=O)NCCc1ccccc1F)c1c(F)cccc1F. The molecule has 0 bridgehead atoms. The van der Waals surface area contributed by atoms with Gasteiger partial charge >= 0.3 is 0 Å². The minimum Gasteiger partial charge on any atom is -0.354 e. The van der Waals surface area contributed by atoms with Crippen LogP contribution in [0.25, 0.3) is 0 Å². The third-order valence-corrected chi connectivity index (χ3v) is 3.56. The van der Waals surface area contributed by atoms with E-state index in [1.54, 1.807) is 18.2 Å². The lowest BCUT2D eigenvalue weighted by molar-refractivity contribution is -0.123. The van der Waals surface area contributed by atoms with Gasteiger partial charge in [-0.3, -0.25) is 14.5 Å². The van der Waals surface area contributed by atoms with E-state index < -0.39 is 35.7 Å². The third kappa shape index (κ3) is 4.82.